The lowest BCUT2D eigenvalue weighted by atomic mass is 10.1. The van der Waals surface area contributed by atoms with Gasteiger partial charge in [-0.15, -0.1) is 0 Å². The van der Waals surface area contributed by atoms with Crippen LogP contribution in [-0.2, 0) is 13.5 Å². The molecular formula is C14H20ClN5O. The topological polar surface area (TPSA) is 64.9 Å². The Labute approximate surface area is 129 Å². The third-order valence-electron chi connectivity index (χ3n) is 3.34. The van der Waals surface area contributed by atoms with E-state index in [2.05, 4.69) is 27.3 Å². The second kappa shape index (κ2) is 6.87. The number of ether oxygens (including phenoxy) is 1. The summed E-state index contributed by atoms with van der Waals surface area (Å²) in [5.74, 6) is 0.551. The van der Waals surface area contributed by atoms with Crippen LogP contribution in [0.1, 0.15) is 30.0 Å². The maximum Gasteiger partial charge on any atom is 0.216 e. The molecule has 0 aliphatic carbocycles. The van der Waals surface area contributed by atoms with Gasteiger partial charge >= 0.3 is 0 Å². The molecule has 114 valence electrons. The van der Waals surface area contributed by atoms with Crippen LogP contribution in [-0.4, -0.2) is 33.4 Å². The molecule has 2 aromatic rings. The summed E-state index contributed by atoms with van der Waals surface area (Å²) < 4.78 is 6.98. The molecular weight excluding hydrogens is 290 g/mol. The summed E-state index contributed by atoms with van der Waals surface area (Å²) >= 11 is 6.34. The fourth-order valence-corrected chi connectivity index (χ4v) is 2.52. The minimum Gasteiger partial charge on any atom is -0.481 e. The largest absolute Gasteiger partial charge is 0.481 e. The van der Waals surface area contributed by atoms with E-state index >= 15 is 0 Å². The quantitative estimate of drug-likeness (QED) is 0.885. The highest BCUT2D eigenvalue weighted by Gasteiger charge is 2.19. The van der Waals surface area contributed by atoms with Crippen LogP contribution in [0.2, 0.25) is 5.02 Å². The number of rotatable bonds is 6. The maximum atomic E-state index is 6.34. The van der Waals surface area contributed by atoms with Crippen molar-refractivity contribution in [2.75, 3.05) is 13.7 Å². The summed E-state index contributed by atoms with van der Waals surface area (Å²) in [6, 6.07) is 1.86. The number of methoxy groups -OCH3 is 1. The Bertz CT molecular complexity index is 613. The molecule has 6 nitrogen and oxygen atoms in total. The highest BCUT2D eigenvalue weighted by Crippen LogP contribution is 2.25. The average molecular weight is 310 g/mol. The van der Waals surface area contributed by atoms with E-state index in [0.29, 0.717) is 17.3 Å². The number of aromatic nitrogens is 4. The minimum atomic E-state index is 0.0270. The molecule has 21 heavy (non-hydrogen) atoms. The highest BCUT2D eigenvalue weighted by molar-refractivity contribution is 6.31. The predicted octanol–water partition coefficient (Wildman–Crippen LogP) is 2.07. The number of likely N-dealkylation sites (N-methyl/N-ethyl adjacent to an activating group) is 1. The molecule has 0 fully saturated rings. The van der Waals surface area contributed by atoms with Crippen molar-refractivity contribution in [3.8, 4) is 5.88 Å². The van der Waals surface area contributed by atoms with Crippen molar-refractivity contribution in [2.24, 2.45) is 7.05 Å². The van der Waals surface area contributed by atoms with Crippen molar-refractivity contribution in [2.45, 2.75) is 26.3 Å². The SMILES string of the molecule is CCNC(Cc1c(Cl)c(C)nn1C)c1cc(OC)ncn1. The molecule has 0 spiro atoms. The van der Waals surface area contributed by atoms with Gasteiger partial charge < -0.3 is 10.1 Å². The van der Waals surface area contributed by atoms with E-state index in [1.54, 1.807) is 7.11 Å². The molecule has 0 bridgehead atoms. The van der Waals surface area contributed by atoms with Gasteiger partial charge in [-0.3, -0.25) is 4.68 Å². The fourth-order valence-electron chi connectivity index (χ4n) is 2.28. The van der Waals surface area contributed by atoms with Crippen LogP contribution in [0, 0.1) is 6.92 Å². The molecule has 0 aliphatic rings. The predicted molar refractivity (Wildman–Crippen MR) is 81.7 cm³/mol. The number of nitrogens with one attached hydrogen (secondary N) is 1. The maximum absolute atomic E-state index is 6.34. The van der Waals surface area contributed by atoms with Crippen molar-refractivity contribution in [1.82, 2.24) is 25.1 Å². The zero-order valence-corrected chi connectivity index (χ0v) is 13.5. The lowest BCUT2D eigenvalue weighted by molar-refractivity contribution is 0.393. The van der Waals surface area contributed by atoms with Crippen LogP contribution in [0.25, 0.3) is 0 Å². The van der Waals surface area contributed by atoms with Gasteiger partial charge in [-0.1, -0.05) is 18.5 Å². The smallest absolute Gasteiger partial charge is 0.216 e. The van der Waals surface area contributed by atoms with Crippen LogP contribution < -0.4 is 10.1 Å². The summed E-state index contributed by atoms with van der Waals surface area (Å²) in [7, 11) is 3.49. The van der Waals surface area contributed by atoms with Crippen LogP contribution in [0.15, 0.2) is 12.4 Å². The van der Waals surface area contributed by atoms with E-state index in [1.807, 2.05) is 24.7 Å². The molecule has 2 aromatic heterocycles. The van der Waals surface area contributed by atoms with Gasteiger partial charge in [0.05, 0.1) is 35.3 Å². The Morgan fingerprint density at radius 3 is 2.76 bits per heavy atom. The van der Waals surface area contributed by atoms with E-state index in [-0.39, 0.29) is 6.04 Å². The lowest BCUT2D eigenvalue weighted by Gasteiger charge is -2.18. The monoisotopic (exact) mass is 309 g/mol. The third kappa shape index (κ3) is 3.51. The lowest BCUT2D eigenvalue weighted by Crippen LogP contribution is -2.25. The van der Waals surface area contributed by atoms with Crippen LogP contribution >= 0.6 is 11.6 Å². The van der Waals surface area contributed by atoms with Crippen LogP contribution in [0.4, 0.5) is 0 Å². The summed E-state index contributed by atoms with van der Waals surface area (Å²) in [5, 5.41) is 8.48. The molecule has 1 N–H and O–H groups in total. The Hall–Kier alpha value is -1.66. The Morgan fingerprint density at radius 1 is 1.43 bits per heavy atom. The van der Waals surface area contributed by atoms with E-state index in [4.69, 9.17) is 16.3 Å². The number of halogens is 1. The third-order valence-corrected chi connectivity index (χ3v) is 3.83. The molecule has 2 heterocycles. The zero-order chi connectivity index (χ0) is 15.4. The molecule has 2 rings (SSSR count). The first-order valence-corrected chi connectivity index (χ1v) is 7.21. The van der Waals surface area contributed by atoms with Gasteiger partial charge in [-0.05, 0) is 13.5 Å². The molecule has 0 aromatic carbocycles. The van der Waals surface area contributed by atoms with Crippen LogP contribution in [0.5, 0.6) is 5.88 Å². The highest BCUT2D eigenvalue weighted by atomic mass is 35.5. The molecule has 7 heteroatoms. The molecule has 1 unspecified atom stereocenters. The van der Waals surface area contributed by atoms with E-state index in [9.17, 15) is 0 Å². The molecule has 1 atom stereocenters. The summed E-state index contributed by atoms with van der Waals surface area (Å²) in [4.78, 5) is 8.38. The van der Waals surface area contributed by atoms with E-state index in [1.165, 1.54) is 6.33 Å². The number of hydrogen-bond acceptors (Lipinski definition) is 5. The van der Waals surface area contributed by atoms with Crippen molar-refractivity contribution in [3.63, 3.8) is 0 Å². The summed E-state index contributed by atoms with van der Waals surface area (Å²) in [5.41, 5.74) is 2.70. The zero-order valence-electron chi connectivity index (χ0n) is 12.7. The average Bonchev–Trinajstić information content (AvgIpc) is 2.73. The molecule has 0 radical (unpaired) electrons. The Morgan fingerprint density at radius 2 is 2.19 bits per heavy atom. The van der Waals surface area contributed by atoms with E-state index in [0.717, 1.165) is 23.6 Å². The number of hydrogen-bond donors (Lipinski definition) is 1. The van der Waals surface area contributed by atoms with Crippen molar-refractivity contribution >= 4 is 11.6 Å². The molecule has 0 saturated heterocycles. The number of aryl methyl sites for hydroxylation is 2. The Balaban J connectivity index is 2.30. The van der Waals surface area contributed by atoms with Gasteiger partial charge in [-0.25, -0.2) is 9.97 Å². The molecule has 0 amide bonds. The first kappa shape index (κ1) is 15.7. The van der Waals surface area contributed by atoms with Gasteiger partial charge in [-0.2, -0.15) is 5.10 Å². The second-order valence-corrected chi connectivity index (χ2v) is 5.15. The van der Waals surface area contributed by atoms with Gasteiger partial charge in [0, 0.05) is 19.5 Å². The first-order chi connectivity index (χ1) is 10.1. The van der Waals surface area contributed by atoms with Gasteiger partial charge in [0.15, 0.2) is 0 Å². The van der Waals surface area contributed by atoms with Crippen molar-refractivity contribution in [3.05, 3.63) is 34.5 Å². The Kier molecular flexibility index (Phi) is 5.14. The summed E-state index contributed by atoms with van der Waals surface area (Å²) in [6.07, 6.45) is 2.21. The fraction of sp³-hybridized carbons (Fsp3) is 0.500. The normalized spacial score (nSPS) is 12.4. The second-order valence-electron chi connectivity index (χ2n) is 4.77. The molecule has 0 aliphatic heterocycles. The van der Waals surface area contributed by atoms with Gasteiger partial charge in [0.2, 0.25) is 5.88 Å². The first-order valence-electron chi connectivity index (χ1n) is 6.84. The van der Waals surface area contributed by atoms with E-state index < -0.39 is 0 Å². The minimum absolute atomic E-state index is 0.0270. The molecule has 0 saturated carbocycles. The van der Waals surface area contributed by atoms with Gasteiger partial charge in [0.1, 0.15) is 6.33 Å². The van der Waals surface area contributed by atoms with Gasteiger partial charge in [0.25, 0.3) is 0 Å². The van der Waals surface area contributed by atoms with Crippen LogP contribution in [0.3, 0.4) is 0 Å². The summed E-state index contributed by atoms with van der Waals surface area (Å²) in [6.45, 7) is 4.79. The standard InChI is InChI=1S/C14H20ClN5O/c1-5-16-10(11-7-13(21-4)18-8-17-11)6-12-14(15)9(2)19-20(12)3/h7-8,10,16H,5-6H2,1-4H3. The number of nitrogens with zero attached hydrogens (tertiary/aromatic N) is 4. The van der Waals surface area contributed by atoms with Crippen molar-refractivity contribution < 1.29 is 4.74 Å². The van der Waals surface area contributed by atoms with Crippen molar-refractivity contribution in [1.29, 1.82) is 0 Å².